The Balaban J connectivity index is 1.81. The van der Waals surface area contributed by atoms with Gasteiger partial charge in [-0.3, -0.25) is 24.0 Å². The number of carbonyl (C=O) groups excluding carboxylic acids is 5. The molecule has 39 heavy (non-hydrogen) atoms. The third-order valence-electron chi connectivity index (χ3n) is 6.81. The van der Waals surface area contributed by atoms with Crippen molar-refractivity contribution in [2.45, 2.75) is 84.7 Å². The lowest BCUT2D eigenvalue weighted by Gasteiger charge is -2.26. The molecule has 8 nitrogen and oxygen atoms in total. The first kappa shape index (κ1) is 30.8. The molecule has 0 aliphatic heterocycles. The van der Waals surface area contributed by atoms with Gasteiger partial charge in [0.05, 0.1) is 16.8 Å². The highest BCUT2D eigenvalue weighted by Crippen LogP contribution is 2.30. The van der Waals surface area contributed by atoms with Crippen molar-refractivity contribution in [2.75, 3.05) is 0 Å². The van der Waals surface area contributed by atoms with Crippen LogP contribution in [-0.4, -0.2) is 45.7 Å². The molecule has 1 saturated carbocycles. The molecule has 2 aromatic rings. The zero-order chi connectivity index (χ0) is 29.1. The van der Waals surface area contributed by atoms with Gasteiger partial charge in [-0.1, -0.05) is 37.0 Å². The van der Waals surface area contributed by atoms with Crippen LogP contribution in [0.4, 0.5) is 0 Å². The number of aromatic amines is 1. The smallest absolute Gasteiger partial charge is 0.290 e. The lowest BCUT2D eigenvalue weighted by Crippen LogP contribution is -2.53. The van der Waals surface area contributed by atoms with Crippen LogP contribution in [0.25, 0.3) is 10.9 Å². The summed E-state index contributed by atoms with van der Waals surface area (Å²) >= 11 is 12.3. The molecule has 2 amide bonds. The van der Waals surface area contributed by atoms with E-state index >= 15 is 0 Å². The molecule has 0 spiro atoms. The summed E-state index contributed by atoms with van der Waals surface area (Å²) in [6.07, 6.45) is 2.10. The Labute approximate surface area is 238 Å². The van der Waals surface area contributed by atoms with E-state index in [0.717, 1.165) is 6.42 Å². The maximum absolute atomic E-state index is 13.5. The van der Waals surface area contributed by atoms with E-state index in [-0.39, 0.29) is 30.3 Å². The van der Waals surface area contributed by atoms with Crippen molar-refractivity contribution < 1.29 is 24.0 Å². The largest absolute Gasteiger partial charge is 0.352 e. The Morgan fingerprint density at radius 2 is 1.79 bits per heavy atom. The Morgan fingerprint density at radius 1 is 1.10 bits per heavy atom. The summed E-state index contributed by atoms with van der Waals surface area (Å²) in [7, 11) is 0. The summed E-state index contributed by atoms with van der Waals surface area (Å²) in [5.41, 5.74) is 0.256. The number of ketones is 3. The van der Waals surface area contributed by atoms with Gasteiger partial charge in [-0.05, 0) is 70.6 Å². The Morgan fingerprint density at radius 3 is 2.38 bits per heavy atom. The standard InChI is InChI=1S/C29H37Cl2N3O5/c1-15(2)9-17(11-25(36)22-14-19-20(31)12-18(30)13-21(19)32-22)27(38)33-23(10-16-7-6-8-24(16)35)26(37)28(39)34-29(3,4)5/h12-17,23,32H,6-11H2,1-5H3,(H,33,38)(H,34,39)/t16-,17+,23-/m0/s1. The van der Waals surface area contributed by atoms with Gasteiger partial charge in [0.2, 0.25) is 11.7 Å². The molecule has 3 atom stereocenters. The monoisotopic (exact) mass is 577 g/mol. The fraction of sp³-hybridized carbons (Fsp3) is 0.552. The van der Waals surface area contributed by atoms with Crippen molar-refractivity contribution in [3.63, 3.8) is 0 Å². The summed E-state index contributed by atoms with van der Waals surface area (Å²) < 4.78 is 0. The van der Waals surface area contributed by atoms with Crippen LogP contribution in [0.2, 0.25) is 10.0 Å². The highest BCUT2D eigenvalue weighted by atomic mass is 35.5. The third kappa shape index (κ3) is 8.39. The molecule has 3 N–H and O–H groups in total. The van der Waals surface area contributed by atoms with Crippen LogP contribution in [-0.2, 0) is 19.2 Å². The molecule has 0 saturated heterocycles. The number of fused-ring (bicyclic) bond motifs is 1. The lowest BCUT2D eigenvalue weighted by atomic mass is 9.89. The number of carbonyl (C=O) groups is 5. The van der Waals surface area contributed by atoms with Gasteiger partial charge in [-0.25, -0.2) is 0 Å². The second-order valence-corrected chi connectivity index (χ2v) is 12.7. The van der Waals surface area contributed by atoms with E-state index in [1.165, 1.54) is 0 Å². The Bertz CT molecular complexity index is 1280. The summed E-state index contributed by atoms with van der Waals surface area (Å²) in [6.45, 7) is 9.13. The molecular formula is C29H37Cl2N3O5. The van der Waals surface area contributed by atoms with Crippen molar-refractivity contribution in [2.24, 2.45) is 17.8 Å². The first-order valence-corrected chi connectivity index (χ1v) is 14.1. The van der Waals surface area contributed by atoms with E-state index in [4.69, 9.17) is 23.2 Å². The van der Waals surface area contributed by atoms with Crippen LogP contribution in [0.1, 0.15) is 83.6 Å². The van der Waals surface area contributed by atoms with Crippen LogP contribution >= 0.6 is 23.2 Å². The first-order valence-electron chi connectivity index (χ1n) is 13.3. The minimum atomic E-state index is -1.16. The fourth-order valence-electron chi connectivity index (χ4n) is 5.00. The zero-order valence-corrected chi connectivity index (χ0v) is 24.6. The van der Waals surface area contributed by atoms with Crippen molar-refractivity contribution in [3.8, 4) is 0 Å². The molecule has 0 radical (unpaired) electrons. The van der Waals surface area contributed by atoms with E-state index < -0.39 is 41.0 Å². The van der Waals surface area contributed by atoms with Crippen molar-refractivity contribution >= 4 is 63.3 Å². The van der Waals surface area contributed by atoms with E-state index in [1.54, 1.807) is 39.0 Å². The number of hydrogen-bond acceptors (Lipinski definition) is 5. The minimum Gasteiger partial charge on any atom is -0.352 e. The van der Waals surface area contributed by atoms with Crippen LogP contribution in [0.5, 0.6) is 0 Å². The fourth-order valence-corrected chi connectivity index (χ4v) is 5.55. The topological polar surface area (TPSA) is 125 Å². The van der Waals surface area contributed by atoms with Crippen LogP contribution < -0.4 is 10.6 Å². The Hall–Kier alpha value is -2.71. The van der Waals surface area contributed by atoms with E-state index in [9.17, 15) is 24.0 Å². The maximum atomic E-state index is 13.5. The zero-order valence-electron chi connectivity index (χ0n) is 23.1. The average Bonchev–Trinajstić information content (AvgIpc) is 3.42. The first-order chi connectivity index (χ1) is 18.1. The molecule has 3 rings (SSSR count). The highest BCUT2D eigenvalue weighted by Gasteiger charge is 2.36. The molecule has 1 fully saturated rings. The van der Waals surface area contributed by atoms with Gasteiger partial charge < -0.3 is 15.6 Å². The average molecular weight is 579 g/mol. The summed E-state index contributed by atoms with van der Waals surface area (Å²) in [4.78, 5) is 68.0. The van der Waals surface area contributed by atoms with Gasteiger partial charge >= 0.3 is 0 Å². The summed E-state index contributed by atoms with van der Waals surface area (Å²) in [6, 6.07) is 3.73. The van der Waals surface area contributed by atoms with Gasteiger partial charge in [-0.2, -0.15) is 0 Å². The molecule has 1 aromatic carbocycles. The number of halogens is 2. The number of nitrogens with one attached hydrogen (secondary N) is 3. The molecule has 1 heterocycles. The van der Waals surface area contributed by atoms with Crippen molar-refractivity contribution in [1.29, 1.82) is 0 Å². The van der Waals surface area contributed by atoms with Crippen LogP contribution in [0, 0.1) is 17.8 Å². The molecular weight excluding hydrogens is 541 g/mol. The van der Waals surface area contributed by atoms with Gasteiger partial charge in [0.25, 0.3) is 5.91 Å². The number of hydrogen-bond donors (Lipinski definition) is 3. The Kier molecular flexibility index (Phi) is 9.99. The molecule has 1 aliphatic rings. The predicted octanol–water partition coefficient (Wildman–Crippen LogP) is 5.44. The van der Waals surface area contributed by atoms with E-state index in [0.29, 0.717) is 45.9 Å². The molecule has 1 aromatic heterocycles. The maximum Gasteiger partial charge on any atom is 0.290 e. The number of aromatic nitrogens is 1. The molecule has 212 valence electrons. The molecule has 0 unspecified atom stereocenters. The number of H-pyrrole nitrogens is 1. The molecule has 0 bridgehead atoms. The number of amides is 2. The van der Waals surface area contributed by atoms with Gasteiger partial charge in [0, 0.05) is 46.1 Å². The third-order valence-corrected chi connectivity index (χ3v) is 7.34. The van der Waals surface area contributed by atoms with Gasteiger partial charge in [0.15, 0.2) is 5.78 Å². The second-order valence-electron chi connectivity index (χ2n) is 11.9. The van der Waals surface area contributed by atoms with Crippen LogP contribution in [0.3, 0.4) is 0 Å². The summed E-state index contributed by atoms with van der Waals surface area (Å²) in [5, 5.41) is 6.85. The minimum absolute atomic E-state index is 0.0322. The second kappa shape index (κ2) is 12.6. The van der Waals surface area contributed by atoms with Gasteiger partial charge in [-0.15, -0.1) is 0 Å². The van der Waals surface area contributed by atoms with Crippen molar-refractivity contribution in [3.05, 3.63) is 33.9 Å². The lowest BCUT2D eigenvalue weighted by molar-refractivity contribution is -0.141. The van der Waals surface area contributed by atoms with Crippen LogP contribution in [0.15, 0.2) is 18.2 Å². The SMILES string of the molecule is CC(C)C[C@H](CC(=O)c1cc2c(Cl)cc(Cl)cc2[nH]1)C(=O)N[C@@H](C[C@@H]1CCCC1=O)C(=O)C(=O)NC(C)(C)C. The van der Waals surface area contributed by atoms with E-state index in [1.807, 2.05) is 13.8 Å². The predicted molar refractivity (Wildman–Crippen MR) is 152 cm³/mol. The normalized spacial score (nSPS) is 17.3. The van der Waals surface area contributed by atoms with E-state index in [2.05, 4.69) is 15.6 Å². The number of rotatable bonds is 11. The summed E-state index contributed by atoms with van der Waals surface area (Å²) in [5.74, 6) is -3.43. The molecule has 10 heteroatoms. The van der Waals surface area contributed by atoms with Gasteiger partial charge in [0.1, 0.15) is 5.78 Å². The van der Waals surface area contributed by atoms with Crippen molar-refractivity contribution in [1.82, 2.24) is 15.6 Å². The highest BCUT2D eigenvalue weighted by molar-refractivity contribution is 6.39. The molecule has 1 aliphatic carbocycles. The quantitative estimate of drug-likeness (QED) is 0.242. The number of Topliss-reactive ketones (excluding diaryl/α,β-unsaturated/α-hetero) is 3. The number of benzene rings is 1.